The minimum absolute atomic E-state index is 0.289. The first-order valence-corrected chi connectivity index (χ1v) is 7.74. The number of halogens is 1. The summed E-state index contributed by atoms with van der Waals surface area (Å²) in [6.07, 6.45) is 0.289. The van der Waals surface area contributed by atoms with Gasteiger partial charge in [-0.2, -0.15) is 0 Å². The minimum Gasteiger partial charge on any atom is -0.309 e. The molecule has 5 heteroatoms. The molecule has 0 fully saturated rings. The Morgan fingerprint density at radius 1 is 1.24 bits per heavy atom. The van der Waals surface area contributed by atoms with Crippen molar-refractivity contribution in [2.24, 2.45) is 0 Å². The van der Waals surface area contributed by atoms with E-state index in [0.29, 0.717) is 18.2 Å². The highest BCUT2D eigenvalue weighted by Crippen LogP contribution is 2.51. The van der Waals surface area contributed by atoms with Gasteiger partial charge in [0.25, 0.3) is 0 Å². The van der Waals surface area contributed by atoms with Gasteiger partial charge < -0.3 is 9.05 Å². The van der Waals surface area contributed by atoms with Crippen LogP contribution in [0.25, 0.3) is 0 Å². The van der Waals surface area contributed by atoms with Crippen molar-refractivity contribution in [2.75, 3.05) is 13.2 Å². The van der Waals surface area contributed by atoms with Crippen LogP contribution in [0, 0.1) is 6.92 Å². The normalized spacial score (nSPS) is 11.8. The molecular formula is C12H18ClO3P. The molecule has 1 rings (SSSR count). The van der Waals surface area contributed by atoms with Gasteiger partial charge in [-0.15, -0.1) is 0 Å². The Balaban J connectivity index is 2.89. The third-order valence-electron chi connectivity index (χ3n) is 2.32. The summed E-state index contributed by atoms with van der Waals surface area (Å²) in [4.78, 5) is 0. The van der Waals surface area contributed by atoms with Crippen LogP contribution in [0.1, 0.15) is 25.0 Å². The second kappa shape index (κ2) is 6.55. The lowest BCUT2D eigenvalue weighted by Gasteiger charge is -2.18. The largest absolute Gasteiger partial charge is 0.335 e. The first-order chi connectivity index (χ1) is 8.00. The lowest BCUT2D eigenvalue weighted by Crippen LogP contribution is -2.00. The monoisotopic (exact) mass is 276 g/mol. The summed E-state index contributed by atoms with van der Waals surface area (Å²) >= 11 is 5.88. The molecule has 3 nitrogen and oxygen atoms in total. The molecule has 96 valence electrons. The van der Waals surface area contributed by atoms with Gasteiger partial charge in [-0.1, -0.05) is 17.7 Å². The molecule has 0 amide bonds. The smallest absolute Gasteiger partial charge is 0.309 e. The van der Waals surface area contributed by atoms with Crippen LogP contribution in [-0.2, 0) is 19.8 Å². The molecule has 0 aliphatic heterocycles. The Labute approximate surface area is 108 Å². The molecule has 0 N–H and O–H groups in total. The molecule has 0 atom stereocenters. The van der Waals surface area contributed by atoms with E-state index in [1.165, 1.54) is 0 Å². The van der Waals surface area contributed by atoms with E-state index in [9.17, 15) is 4.57 Å². The van der Waals surface area contributed by atoms with Crippen molar-refractivity contribution in [3.05, 3.63) is 34.3 Å². The summed E-state index contributed by atoms with van der Waals surface area (Å²) < 4.78 is 22.9. The topological polar surface area (TPSA) is 35.5 Å². The van der Waals surface area contributed by atoms with Crippen LogP contribution in [0.3, 0.4) is 0 Å². The van der Waals surface area contributed by atoms with E-state index < -0.39 is 7.60 Å². The fourth-order valence-electron chi connectivity index (χ4n) is 1.57. The summed E-state index contributed by atoms with van der Waals surface area (Å²) in [5, 5.41) is 0.675. The predicted octanol–water partition coefficient (Wildman–Crippen LogP) is 4.41. The molecule has 0 spiro atoms. The highest BCUT2D eigenvalue weighted by atomic mass is 35.5. The summed E-state index contributed by atoms with van der Waals surface area (Å²) in [5.41, 5.74) is 1.94. The van der Waals surface area contributed by atoms with E-state index in [0.717, 1.165) is 11.1 Å². The molecule has 1 aromatic rings. The average molecular weight is 277 g/mol. The molecule has 0 saturated carbocycles. The maximum Gasteiger partial charge on any atom is 0.335 e. The van der Waals surface area contributed by atoms with Crippen LogP contribution < -0.4 is 0 Å². The third-order valence-corrected chi connectivity index (χ3v) is 4.59. The molecule has 0 radical (unpaired) electrons. The van der Waals surface area contributed by atoms with Gasteiger partial charge in [-0.25, -0.2) is 0 Å². The molecule has 0 bridgehead atoms. The van der Waals surface area contributed by atoms with Crippen LogP contribution in [-0.4, -0.2) is 13.2 Å². The van der Waals surface area contributed by atoms with Gasteiger partial charge in [0.2, 0.25) is 0 Å². The zero-order valence-electron chi connectivity index (χ0n) is 10.4. The fourth-order valence-corrected chi connectivity index (χ4v) is 3.61. The maximum absolute atomic E-state index is 12.3. The zero-order valence-corrected chi connectivity index (χ0v) is 12.1. The van der Waals surface area contributed by atoms with Crippen LogP contribution in [0.4, 0.5) is 0 Å². The first-order valence-electron chi connectivity index (χ1n) is 5.64. The second-order valence-electron chi connectivity index (χ2n) is 3.68. The minimum atomic E-state index is -3.03. The molecular weight excluding hydrogens is 259 g/mol. The first kappa shape index (κ1) is 14.7. The Hall–Kier alpha value is -0.340. The maximum atomic E-state index is 12.3. The Kier molecular flexibility index (Phi) is 5.68. The van der Waals surface area contributed by atoms with E-state index in [-0.39, 0.29) is 6.16 Å². The number of aryl methyl sites for hydroxylation is 1. The van der Waals surface area contributed by atoms with E-state index in [1.807, 2.05) is 19.1 Å². The van der Waals surface area contributed by atoms with Gasteiger partial charge >= 0.3 is 7.60 Å². The van der Waals surface area contributed by atoms with E-state index in [1.54, 1.807) is 19.9 Å². The quantitative estimate of drug-likeness (QED) is 0.722. The predicted molar refractivity (Wildman–Crippen MR) is 70.8 cm³/mol. The lowest BCUT2D eigenvalue weighted by atomic mass is 10.1. The number of rotatable bonds is 6. The van der Waals surface area contributed by atoms with Crippen molar-refractivity contribution in [1.29, 1.82) is 0 Å². The molecule has 0 heterocycles. The van der Waals surface area contributed by atoms with E-state index >= 15 is 0 Å². The van der Waals surface area contributed by atoms with Crippen molar-refractivity contribution in [1.82, 2.24) is 0 Å². The van der Waals surface area contributed by atoms with Gasteiger partial charge in [0.1, 0.15) is 0 Å². The van der Waals surface area contributed by atoms with Crippen molar-refractivity contribution >= 4 is 19.2 Å². The Morgan fingerprint density at radius 2 is 1.82 bits per heavy atom. The van der Waals surface area contributed by atoms with Gasteiger partial charge in [-0.05, 0) is 44.0 Å². The van der Waals surface area contributed by atoms with Crippen LogP contribution >= 0.6 is 19.2 Å². The van der Waals surface area contributed by atoms with Gasteiger partial charge in [-0.3, -0.25) is 4.57 Å². The molecule has 0 aliphatic rings. The average Bonchev–Trinajstić information content (AvgIpc) is 2.23. The van der Waals surface area contributed by atoms with Gasteiger partial charge in [0.15, 0.2) is 0 Å². The summed E-state index contributed by atoms with van der Waals surface area (Å²) in [7, 11) is -3.03. The highest BCUT2D eigenvalue weighted by Gasteiger charge is 2.24. The summed E-state index contributed by atoms with van der Waals surface area (Å²) in [6, 6.07) is 5.49. The third kappa shape index (κ3) is 4.44. The van der Waals surface area contributed by atoms with Crippen LogP contribution in [0.5, 0.6) is 0 Å². The summed E-state index contributed by atoms with van der Waals surface area (Å²) in [6.45, 7) is 6.30. The van der Waals surface area contributed by atoms with E-state index in [4.69, 9.17) is 20.6 Å². The van der Waals surface area contributed by atoms with Crippen molar-refractivity contribution in [3.63, 3.8) is 0 Å². The Morgan fingerprint density at radius 3 is 2.29 bits per heavy atom. The number of hydrogen-bond donors (Lipinski definition) is 0. The SMILES string of the molecule is CCOP(=O)(Cc1ccc(Cl)cc1C)OCC. The summed E-state index contributed by atoms with van der Waals surface area (Å²) in [5.74, 6) is 0. The molecule has 0 aromatic heterocycles. The van der Waals surface area contributed by atoms with Crippen molar-refractivity contribution in [2.45, 2.75) is 26.9 Å². The van der Waals surface area contributed by atoms with Crippen LogP contribution in [0.15, 0.2) is 18.2 Å². The molecule has 0 saturated heterocycles. The Bertz CT molecular complexity index is 410. The molecule has 0 aliphatic carbocycles. The fraction of sp³-hybridized carbons (Fsp3) is 0.500. The number of benzene rings is 1. The van der Waals surface area contributed by atoms with Crippen molar-refractivity contribution < 1.29 is 13.6 Å². The van der Waals surface area contributed by atoms with Crippen LogP contribution in [0.2, 0.25) is 5.02 Å². The van der Waals surface area contributed by atoms with E-state index in [2.05, 4.69) is 0 Å². The molecule has 1 aromatic carbocycles. The van der Waals surface area contributed by atoms with Gasteiger partial charge in [0, 0.05) is 5.02 Å². The zero-order chi connectivity index (χ0) is 12.9. The molecule has 17 heavy (non-hydrogen) atoms. The molecule has 0 unspecified atom stereocenters. The van der Waals surface area contributed by atoms with Gasteiger partial charge in [0.05, 0.1) is 19.4 Å². The van der Waals surface area contributed by atoms with Crippen molar-refractivity contribution in [3.8, 4) is 0 Å². The second-order valence-corrected chi connectivity index (χ2v) is 6.17. The lowest BCUT2D eigenvalue weighted by molar-refractivity contribution is 0.219. The highest BCUT2D eigenvalue weighted by molar-refractivity contribution is 7.53. The number of hydrogen-bond acceptors (Lipinski definition) is 3. The standard InChI is InChI=1S/C12H18ClO3P/c1-4-15-17(14,16-5-2)9-11-6-7-12(13)8-10(11)3/h6-8H,4-5,9H2,1-3H3.